The molecule has 1 aliphatic carbocycles. The minimum absolute atomic E-state index is 0.245. The van der Waals surface area contributed by atoms with E-state index in [1.165, 1.54) is 12.8 Å². The summed E-state index contributed by atoms with van der Waals surface area (Å²) < 4.78 is 5.59. The molecule has 0 aliphatic heterocycles. The van der Waals surface area contributed by atoms with E-state index in [2.05, 4.69) is 15.6 Å². The fourth-order valence-corrected chi connectivity index (χ4v) is 2.05. The van der Waals surface area contributed by atoms with Crippen LogP contribution in [0.5, 0.6) is 5.75 Å². The predicted molar refractivity (Wildman–Crippen MR) is 89.4 cm³/mol. The molecule has 0 amide bonds. The van der Waals surface area contributed by atoms with Gasteiger partial charge in [-0.15, -0.1) is 0 Å². The fourth-order valence-electron chi connectivity index (χ4n) is 2.05. The van der Waals surface area contributed by atoms with Gasteiger partial charge in [-0.3, -0.25) is 4.99 Å². The molecule has 22 heavy (non-hydrogen) atoms. The molecule has 0 heterocycles. The van der Waals surface area contributed by atoms with Crippen LogP contribution in [0.2, 0.25) is 0 Å². The Bertz CT molecular complexity index is 487. The van der Waals surface area contributed by atoms with Gasteiger partial charge < -0.3 is 20.5 Å². The van der Waals surface area contributed by atoms with Crippen molar-refractivity contribution in [2.24, 2.45) is 10.9 Å². The second-order valence-electron chi connectivity index (χ2n) is 5.83. The zero-order valence-electron chi connectivity index (χ0n) is 13.5. The molecule has 1 unspecified atom stereocenters. The zero-order chi connectivity index (χ0) is 15.8. The van der Waals surface area contributed by atoms with Gasteiger partial charge in [-0.2, -0.15) is 0 Å². The van der Waals surface area contributed by atoms with E-state index >= 15 is 0 Å². The molecule has 1 aromatic carbocycles. The molecule has 1 aliphatic rings. The third-order valence-electron chi connectivity index (χ3n) is 3.49. The van der Waals surface area contributed by atoms with E-state index in [1.807, 2.05) is 38.1 Å². The van der Waals surface area contributed by atoms with Gasteiger partial charge in [-0.05, 0) is 50.3 Å². The lowest BCUT2D eigenvalue weighted by Crippen LogP contribution is -2.39. The van der Waals surface area contributed by atoms with E-state index in [0.29, 0.717) is 6.54 Å². The van der Waals surface area contributed by atoms with Crippen LogP contribution in [-0.2, 0) is 0 Å². The molecular weight excluding hydrogens is 278 g/mol. The number of aryl methyl sites for hydroxylation is 1. The standard InChI is InChI=1S/C17H27N3O2/c1-3-18-17(19-10-14-7-8-14)20-11-15(21)12-22-16-6-4-5-13(2)9-16/h4-6,9,14-15,21H,3,7-8,10-12H2,1-2H3,(H2,18,19,20). The van der Waals surface area contributed by atoms with E-state index in [4.69, 9.17) is 4.74 Å². The SMILES string of the molecule is CCNC(=NCC(O)COc1cccc(C)c1)NCC1CC1. The van der Waals surface area contributed by atoms with Crippen LogP contribution in [0.1, 0.15) is 25.3 Å². The number of ether oxygens (including phenoxy) is 1. The third kappa shape index (κ3) is 6.35. The van der Waals surface area contributed by atoms with Crippen LogP contribution in [0.4, 0.5) is 0 Å². The number of aliphatic hydroxyl groups is 1. The Morgan fingerprint density at radius 2 is 2.23 bits per heavy atom. The van der Waals surface area contributed by atoms with Gasteiger partial charge in [-0.25, -0.2) is 0 Å². The Kier molecular flexibility index (Phi) is 6.52. The molecule has 5 heteroatoms. The van der Waals surface area contributed by atoms with Gasteiger partial charge in [0, 0.05) is 13.1 Å². The molecular formula is C17H27N3O2. The number of hydrogen-bond acceptors (Lipinski definition) is 3. The van der Waals surface area contributed by atoms with Crippen molar-refractivity contribution in [2.75, 3.05) is 26.2 Å². The first kappa shape index (κ1) is 16.6. The zero-order valence-corrected chi connectivity index (χ0v) is 13.5. The first-order valence-electron chi connectivity index (χ1n) is 8.07. The lowest BCUT2D eigenvalue weighted by atomic mass is 10.2. The Hall–Kier alpha value is -1.75. The molecule has 1 atom stereocenters. The molecule has 2 rings (SSSR count). The van der Waals surface area contributed by atoms with Crippen molar-refractivity contribution in [2.45, 2.75) is 32.8 Å². The summed E-state index contributed by atoms with van der Waals surface area (Å²) in [6, 6.07) is 7.81. The normalized spacial score (nSPS) is 16.2. The first-order chi connectivity index (χ1) is 10.7. The van der Waals surface area contributed by atoms with Crippen LogP contribution in [-0.4, -0.2) is 43.4 Å². The molecule has 1 fully saturated rings. The summed E-state index contributed by atoms with van der Waals surface area (Å²) in [4.78, 5) is 4.41. The van der Waals surface area contributed by atoms with E-state index < -0.39 is 6.10 Å². The number of nitrogens with zero attached hydrogens (tertiary/aromatic N) is 1. The van der Waals surface area contributed by atoms with Crippen LogP contribution >= 0.6 is 0 Å². The molecule has 0 spiro atoms. The van der Waals surface area contributed by atoms with E-state index in [-0.39, 0.29) is 6.61 Å². The van der Waals surface area contributed by atoms with Crippen LogP contribution in [0.25, 0.3) is 0 Å². The van der Waals surface area contributed by atoms with Gasteiger partial charge in [0.2, 0.25) is 0 Å². The Labute approximate surface area is 132 Å². The average molecular weight is 305 g/mol. The van der Waals surface area contributed by atoms with Gasteiger partial charge >= 0.3 is 0 Å². The lowest BCUT2D eigenvalue weighted by molar-refractivity contribution is 0.114. The quantitative estimate of drug-likeness (QED) is 0.505. The first-order valence-corrected chi connectivity index (χ1v) is 8.07. The Balaban J connectivity index is 1.73. The van der Waals surface area contributed by atoms with Crippen molar-refractivity contribution in [3.8, 4) is 5.75 Å². The monoisotopic (exact) mass is 305 g/mol. The Morgan fingerprint density at radius 1 is 1.41 bits per heavy atom. The summed E-state index contributed by atoms with van der Waals surface area (Å²) in [5.74, 6) is 2.34. The minimum Gasteiger partial charge on any atom is -0.491 e. The van der Waals surface area contributed by atoms with Crippen LogP contribution in [0, 0.1) is 12.8 Å². The second-order valence-corrected chi connectivity index (χ2v) is 5.83. The summed E-state index contributed by atoms with van der Waals surface area (Å²) >= 11 is 0. The average Bonchev–Trinajstić information content (AvgIpc) is 3.32. The fraction of sp³-hybridized carbons (Fsp3) is 0.588. The lowest BCUT2D eigenvalue weighted by Gasteiger charge is -2.13. The van der Waals surface area contributed by atoms with Gasteiger partial charge in [-0.1, -0.05) is 12.1 Å². The molecule has 1 saturated carbocycles. The number of guanidine groups is 1. The summed E-state index contributed by atoms with van der Waals surface area (Å²) in [6.45, 7) is 6.39. The third-order valence-corrected chi connectivity index (χ3v) is 3.49. The van der Waals surface area contributed by atoms with Crippen molar-refractivity contribution in [1.29, 1.82) is 0 Å². The summed E-state index contributed by atoms with van der Waals surface area (Å²) in [7, 11) is 0. The number of aliphatic imine (C=N–C) groups is 1. The largest absolute Gasteiger partial charge is 0.491 e. The summed E-state index contributed by atoms with van der Waals surface area (Å²) in [5, 5.41) is 16.5. The number of aliphatic hydroxyl groups excluding tert-OH is 1. The molecule has 3 N–H and O–H groups in total. The van der Waals surface area contributed by atoms with E-state index in [1.54, 1.807) is 0 Å². The maximum Gasteiger partial charge on any atom is 0.191 e. The van der Waals surface area contributed by atoms with Gasteiger partial charge in [0.05, 0.1) is 6.54 Å². The molecule has 0 bridgehead atoms. The highest BCUT2D eigenvalue weighted by Gasteiger charge is 2.21. The predicted octanol–water partition coefficient (Wildman–Crippen LogP) is 1.70. The Morgan fingerprint density at radius 3 is 2.91 bits per heavy atom. The summed E-state index contributed by atoms with van der Waals surface area (Å²) in [5.41, 5.74) is 1.14. The van der Waals surface area contributed by atoms with Gasteiger partial charge in [0.1, 0.15) is 18.5 Å². The topological polar surface area (TPSA) is 65.9 Å². The highest BCUT2D eigenvalue weighted by atomic mass is 16.5. The maximum absolute atomic E-state index is 10.00. The molecule has 0 aromatic heterocycles. The van der Waals surface area contributed by atoms with E-state index in [9.17, 15) is 5.11 Å². The van der Waals surface area contributed by atoms with Gasteiger partial charge in [0.15, 0.2) is 5.96 Å². The van der Waals surface area contributed by atoms with Crippen LogP contribution < -0.4 is 15.4 Å². The number of rotatable bonds is 8. The van der Waals surface area contributed by atoms with E-state index in [0.717, 1.165) is 36.3 Å². The van der Waals surface area contributed by atoms with Crippen LogP contribution in [0.3, 0.4) is 0 Å². The minimum atomic E-state index is -0.614. The number of hydrogen-bond donors (Lipinski definition) is 3. The van der Waals surface area contributed by atoms with Crippen LogP contribution in [0.15, 0.2) is 29.3 Å². The molecule has 0 radical (unpaired) electrons. The summed E-state index contributed by atoms with van der Waals surface area (Å²) in [6.07, 6.45) is 2.00. The number of nitrogens with one attached hydrogen (secondary N) is 2. The maximum atomic E-state index is 10.00. The number of benzene rings is 1. The smallest absolute Gasteiger partial charge is 0.191 e. The second kappa shape index (κ2) is 8.63. The molecule has 0 saturated heterocycles. The van der Waals surface area contributed by atoms with Crippen molar-refractivity contribution in [3.05, 3.63) is 29.8 Å². The highest BCUT2D eigenvalue weighted by Crippen LogP contribution is 2.27. The van der Waals surface area contributed by atoms with Gasteiger partial charge in [0.25, 0.3) is 0 Å². The van der Waals surface area contributed by atoms with Crippen molar-refractivity contribution in [1.82, 2.24) is 10.6 Å². The molecule has 1 aromatic rings. The van der Waals surface area contributed by atoms with Crippen molar-refractivity contribution < 1.29 is 9.84 Å². The molecule has 122 valence electrons. The van der Waals surface area contributed by atoms with Crippen molar-refractivity contribution >= 4 is 5.96 Å². The molecule has 5 nitrogen and oxygen atoms in total. The van der Waals surface area contributed by atoms with Crippen molar-refractivity contribution in [3.63, 3.8) is 0 Å². The highest BCUT2D eigenvalue weighted by molar-refractivity contribution is 5.79.